The number of fused-ring (bicyclic) bond motifs is 1. The van der Waals surface area contributed by atoms with E-state index < -0.39 is 0 Å². The van der Waals surface area contributed by atoms with Crippen LogP contribution in [0.4, 0.5) is 0 Å². The second kappa shape index (κ2) is 4.82. The Morgan fingerprint density at radius 2 is 2.05 bits per heavy atom. The third-order valence-corrected chi connectivity index (χ3v) is 3.02. The summed E-state index contributed by atoms with van der Waals surface area (Å²) in [5, 5.41) is 10.2. The summed E-state index contributed by atoms with van der Waals surface area (Å²) in [5.74, 6) is 0.551. The van der Waals surface area contributed by atoms with Gasteiger partial charge in [0.05, 0.1) is 10.7 Å². The molecule has 3 rings (SSSR count). The number of phenols is 1. The van der Waals surface area contributed by atoms with Gasteiger partial charge in [-0.3, -0.25) is 0 Å². The molecule has 1 aromatic carbocycles. The predicted octanol–water partition coefficient (Wildman–Crippen LogP) is 3.27. The van der Waals surface area contributed by atoms with Gasteiger partial charge < -0.3 is 14.2 Å². The molecule has 19 heavy (non-hydrogen) atoms. The van der Waals surface area contributed by atoms with Crippen molar-refractivity contribution in [1.29, 1.82) is 0 Å². The van der Waals surface area contributed by atoms with E-state index in [1.165, 1.54) is 0 Å². The molecule has 3 aromatic rings. The number of imidazole rings is 1. The number of rotatable bonds is 3. The molecule has 0 saturated carbocycles. The van der Waals surface area contributed by atoms with E-state index in [1.807, 2.05) is 22.9 Å². The fourth-order valence-corrected chi connectivity index (χ4v) is 2.04. The van der Waals surface area contributed by atoms with E-state index in [2.05, 4.69) is 4.98 Å². The van der Waals surface area contributed by atoms with Crippen molar-refractivity contribution < 1.29 is 9.84 Å². The average Bonchev–Trinajstić information content (AvgIpc) is 2.82. The van der Waals surface area contributed by atoms with Crippen LogP contribution < -0.4 is 4.74 Å². The maximum Gasteiger partial charge on any atom is 0.161 e. The van der Waals surface area contributed by atoms with Gasteiger partial charge in [0, 0.05) is 12.4 Å². The Morgan fingerprint density at radius 1 is 1.21 bits per heavy atom. The van der Waals surface area contributed by atoms with Gasteiger partial charge in [-0.1, -0.05) is 23.7 Å². The maximum absolute atomic E-state index is 9.60. The minimum atomic E-state index is 0.115. The number of nitrogens with zero attached hydrogens (tertiary/aromatic N) is 2. The quantitative estimate of drug-likeness (QED) is 0.797. The predicted molar refractivity (Wildman–Crippen MR) is 72.6 cm³/mol. The Morgan fingerprint density at radius 3 is 2.84 bits per heavy atom. The zero-order valence-corrected chi connectivity index (χ0v) is 10.7. The first-order valence-corrected chi connectivity index (χ1v) is 6.15. The van der Waals surface area contributed by atoms with E-state index in [0.29, 0.717) is 16.4 Å². The number of hydrogen-bond acceptors (Lipinski definition) is 3. The summed E-state index contributed by atoms with van der Waals surface area (Å²) in [6.07, 6.45) is 3.72. The van der Waals surface area contributed by atoms with E-state index in [9.17, 15) is 5.11 Å². The standard InChI is InChI=1S/C14H11ClN2O2/c15-11-4-3-7-17-8-10(16-14(11)17)9-19-13-6-2-1-5-12(13)18/h1-8,18H,9H2. The monoisotopic (exact) mass is 274 g/mol. The number of benzene rings is 1. The van der Waals surface area contributed by atoms with Crippen LogP contribution in [0.5, 0.6) is 11.5 Å². The van der Waals surface area contributed by atoms with Crippen LogP contribution in [-0.2, 0) is 6.61 Å². The highest BCUT2D eigenvalue weighted by Gasteiger charge is 2.06. The van der Waals surface area contributed by atoms with Crippen LogP contribution in [-0.4, -0.2) is 14.5 Å². The fourth-order valence-electron chi connectivity index (χ4n) is 1.83. The van der Waals surface area contributed by atoms with E-state index in [1.54, 1.807) is 30.3 Å². The Balaban J connectivity index is 1.83. The van der Waals surface area contributed by atoms with Crippen LogP contribution in [0.2, 0.25) is 5.02 Å². The number of aromatic hydroxyl groups is 1. The smallest absolute Gasteiger partial charge is 0.161 e. The molecule has 0 atom stereocenters. The molecule has 0 aliphatic heterocycles. The van der Waals surface area contributed by atoms with Crippen LogP contribution in [0, 0.1) is 0 Å². The molecule has 2 aromatic heterocycles. The normalized spacial score (nSPS) is 10.8. The average molecular weight is 275 g/mol. The zero-order chi connectivity index (χ0) is 13.2. The van der Waals surface area contributed by atoms with E-state index >= 15 is 0 Å². The summed E-state index contributed by atoms with van der Waals surface area (Å²) in [5.41, 5.74) is 1.44. The highest BCUT2D eigenvalue weighted by molar-refractivity contribution is 6.33. The molecule has 0 bridgehead atoms. The van der Waals surface area contributed by atoms with Gasteiger partial charge in [-0.05, 0) is 24.3 Å². The maximum atomic E-state index is 9.60. The summed E-state index contributed by atoms with van der Waals surface area (Å²) < 4.78 is 7.36. The zero-order valence-electron chi connectivity index (χ0n) is 9.95. The van der Waals surface area contributed by atoms with Crippen LogP contribution in [0.15, 0.2) is 48.8 Å². The van der Waals surface area contributed by atoms with Crippen molar-refractivity contribution in [2.24, 2.45) is 0 Å². The number of halogens is 1. The Bertz CT molecular complexity index is 724. The Kier molecular flexibility index (Phi) is 3.01. The molecular weight excluding hydrogens is 264 g/mol. The molecule has 0 amide bonds. The van der Waals surface area contributed by atoms with Crippen molar-refractivity contribution >= 4 is 17.2 Å². The molecule has 0 radical (unpaired) electrons. The summed E-state index contributed by atoms with van der Waals surface area (Å²) in [6.45, 7) is 0.273. The Labute approximate surface area is 114 Å². The van der Waals surface area contributed by atoms with Crippen molar-refractivity contribution in [2.45, 2.75) is 6.61 Å². The minimum absolute atomic E-state index is 0.115. The van der Waals surface area contributed by atoms with Gasteiger partial charge in [0.25, 0.3) is 0 Å². The summed E-state index contributed by atoms with van der Waals surface area (Å²) in [4.78, 5) is 4.38. The summed E-state index contributed by atoms with van der Waals surface area (Å²) >= 11 is 6.05. The third-order valence-electron chi connectivity index (χ3n) is 2.73. The van der Waals surface area contributed by atoms with Crippen molar-refractivity contribution in [3.8, 4) is 11.5 Å². The molecule has 0 fully saturated rings. The van der Waals surface area contributed by atoms with Gasteiger partial charge in [-0.15, -0.1) is 0 Å². The summed E-state index contributed by atoms with van der Waals surface area (Å²) in [7, 11) is 0. The van der Waals surface area contributed by atoms with Gasteiger partial charge in [-0.2, -0.15) is 0 Å². The first-order chi connectivity index (χ1) is 9.24. The Hall–Kier alpha value is -2.20. The van der Waals surface area contributed by atoms with Gasteiger partial charge in [0.1, 0.15) is 6.61 Å². The molecule has 0 aliphatic rings. The number of pyridine rings is 1. The number of hydrogen-bond donors (Lipinski definition) is 1. The lowest BCUT2D eigenvalue weighted by Gasteiger charge is -2.05. The van der Waals surface area contributed by atoms with Crippen LogP contribution >= 0.6 is 11.6 Å². The lowest BCUT2D eigenvalue weighted by molar-refractivity contribution is 0.285. The molecule has 5 heteroatoms. The van der Waals surface area contributed by atoms with Gasteiger partial charge in [-0.25, -0.2) is 4.98 Å². The largest absolute Gasteiger partial charge is 0.504 e. The lowest BCUT2D eigenvalue weighted by atomic mass is 10.3. The molecule has 0 spiro atoms. The first kappa shape index (κ1) is 11.9. The van der Waals surface area contributed by atoms with Crippen molar-refractivity contribution in [3.05, 3.63) is 59.5 Å². The van der Waals surface area contributed by atoms with Gasteiger partial charge in [0.15, 0.2) is 17.1 Å². The van der Waals surface area contributed by atoms with Crippen LogP contribution in [0.3, 0.4) is 0 Å². The van der Waals surface area contributed by atoms with Crippen molar-refractivity contribution in [1.82, 2.24) is 9.38 Å². The van der Waals surface area contributed by atoms with E-state index in [4.69, 9.17) is 16.3 Å². The van der Waals surface area contributed by atoms with Gasteiger partial charge >= 0.3 is 0 Å². The summed E-state index contributed by atoms with van der Waals surface area (Å²) in [6, 6.07) is 10.5. The topological polar surface area (TPSA) is 46.8 Å². The molecule has 0 saturated heterocycles. The SMILES string of the molecule is Oc1ccccc1OCc1cn2cccc(Cl)c2n1. The van der Waals surface area contributed by atoms with Crippen molar-refractivity contribution in [3.63, 3.8) is 0 Å². The number of para-hydroxylation sites is 2. The van der Waals surface area contributed by atoms with Gasteiger partial charge in [0.2, 0.25) is 0 Å². The first-order valence-electron chi connectivity index (χ1n) is 5.77. The highest BCUT2D eigenvalue weighted by atomic mass is 35.5. The third kappa shape index (κ3) is 2.35. The molecule has 0 aliphatic carbocycles. The minimum Gasteiger partial charge on any atom is -0.504 e. The molecule has 4 nitrogen and oxygen atoms in total. The van der Waals surface area contributed by atoms with E-state index in [0.717, 1.165) is 5.69 Å². The number of phenolic OH excluding ortho intramolecular Hbond substituents is 1. The molecule has 1 N–H and O–H groups in total. The number of aromatic nitrogens is 2. The molecule has 96 valence electrons. The van der Waals surface area contributed by atoms with Crippen molar-refractivity contribution in [2.75, 3.05) is 0 Å². The van der Waals surface area contributed by atoms with Crippen LogP contribution in [0.1, 0.15) is 5.69 Å². The lowest BCUT2D eigenvalue weighted by Crippen LogP contribution is -1.95. The number of ether oxygens (including phenoxy) is 1. The second-order valence-electron chi connectivity index (χ2n) is 4.08. The second-order valence-corrected chi connectivity index (χ2v) is 4.48. The molecule has 2 heterocycles. The van der Waals surface area contributed by atoms with Crippen LogP contribution in [0.25, 0.3) is 5.65 Å². The molecular formula is C14H11ClN2O2. The molecule has 0 unspecified atom stereocenters. The van der Waals surface area contributed by atoms with E-state index in [-0.39, 0.29) is 12.4 Å². The fraction of sp³-hybridized carbons (Fsp3) is 0.0714. The highest BCUT2D eigenvalue weighted by Crippen LogP contribution is 2.25.